The zero-order valence-corrected chi connectivity index (χ0v) is 17.2. The Hall–Kier alpha value is -3.73. The number of nitrogens with one attached hydrogen (secondary N) is 1. The number of amides is 1. The third kappa shape index (κ3) is 5.07. The Morgan fingerprint density at radius 2 is 1.71 bits per heavy atom. The van der Waals surface area contributed by atoms with Crippen LogP contribution in [0.15, 0.2) is 89.5 Å². The number of halogens is 1. The van der Waals surface area contributed by atoms with Gasteiger partial charge in [-0.15, -0.1) is 0 Å². The lowest BCUT2D eigenvalue weighted by molar-refractivity contribution is 0.0939. The molecule has 4 rings (SSSR count). The molecule has 4 nitrogen and oxygen atoms in total. The molecule has 1 aromatic heterocycles. The number of hydrogen-bond acceptors (Lipinski definition) is 3. The van der Waals surface area contributed by atoms with Crippen LogP contribution >= 0.6 is 0 Å². The summed E-state index contributed by atoms with van der Waals surface area (Å²) in [5.41, 5.74) is 3.08. The molecule has 3 aromatic carbocycles. The maximum atomic E-state index is 13.2. The fourth-order valence-corrected chi connectivity index (χ4v) is 3.42. The molecule has 4 aromatic rings. The van der Waals surface area contributed by atoms with E-state index in [1.165, 1.54) is 17.7 Å². The van der Waals surface area contributed by atoms with Crippen LogP contribution in [0.4, 0.5) is 4.39 Å². The molecular formula is C26H23FN2O2. The van der Waals surface area contributed by atoms with Gasteiger partial charge in [-0.05, 0) is 61.7 Å². The van der Waals surface area contributed by atoms with Crippen molar-refractivity contribution in [2.75, 3.05) is 0 Å². The monoisotopic (exact) mass is 414 g/mol. The van der Waals surface area contributed by atoms with Crippen LogP contribution in [-0.2, 0) is 6.42 Å². The molecule has 5 heteroatoms. The van der Waals surface area contributed by atoms with Crippen LogP contribution < -0.4 is 5.32 Å². The minimum atomic E-state index is -0.313. The van der Waals surface area contributed by atoms with Gasteiger partial charge in [0.1, 0.15) is 5.82 Å². The zero-order chi connectivity index (χ0) is 21.6. The number of carbonyl (C=O) groups is 1. The Labute approximate surface area is 180 Å². The minimum Gasteiger partial charge on any atom is -0.436 e. The highest BCUT2D eigenvalue weighted by molar-refractivity contribution is 6.00. The Kier molecular flexibility index (Phi) is 6.22. The Bertz CT molecular complexity index is 1150. The van der Waals surface area contributed by atoms with Gasteiger partial charge in [-0.25, -0.2) is 9.37 Å². The minimum absolute atomic E-state index is 0.0140. The van der Waals surface area contributed by atoms with Gasteiger partial charge in [-0.3, -0.25) is 4.79 Å². The maximum absolute atomic E-state index is 13.2. The van der Waals surface area contributed by atoms with Crippen LogP contribution in [0.25, 0.3) is 22.8 Å². The second-order valence-electron chi connectivity index (χ2n) is 7.48. The SMILES string of the molecule is CC(CCc1ccccc1)NC(=O)c1ccccc1-c1ncc(-c2ccc(F)cc2)o1. The summed E-state index contributed by atoms with van der Waals surface area (Å²) in [6, 6.07) is 23.5. The number of aromatic nitrogens is 1. The lowest BCUT2D eigenvalue weighted by Crippen LogP contribution is -2.33. The summed E-state index contributed by atoms with van der Waals surface area (Å²) < 4.78 is 19.1. The number of nitrogens with zero attached hydrogens (tertiary/aromatic N) is 1. The first-order valence-corrected chi connectivity index (χ1v) is 10.3. The maximum Gasteiger partial charge on any atom is 0.252 e. The van der Waals surface area contributed by atoms with Crippen molar-refractivity contribution in [3.05, 3.63) is 102 Å². The summed E-state index contributed by atoms with van der Waals surface area (Å²) in [6.45, 7) is 2.00. The number of benzene rings is 3. The van der Waals surface area contributed by atoms with Crippen molar-refractivity contribution in [2.24, 2.45) is 0 Å². The highest BCUT2D eigenvalue weighted by Gasteiger charge is 2.18. The fourth-order valence-electron chi connectivity index (χ4n) is 3.42. The average Bonchev–Trinajstić information content (AvgIpc) is 3.29. The van der Waals surface area contributed by atoms with Crippen molar-refractivity contribution in [1.29, 1.82) is 0 Å². The molecule has 0 fully saturated rings. The molecule has 0 radical (unpaired) electrons. The van der Waals surface area contributed by atoms with Gasteiger partial charge in [0, 0.05) is 17.2 Å². The molecule has 31 heavy (non-hydrogen) atoms. The van der Waals surface area contributed by atoms with Crippen molar-refractivity contribution < 1.29 is 13.6 Å². The molecule has 156 valence electrons. The van der Waals surface area contributed by atoms with E-state index in [1.807, 2.05) is 43.3 Å². The molecule has 1 amide bonds. The smallest absolute Gasteiger partial charge is 0.252 e. The van der Waals surface area contributed by atoms with Gasteiger partial charge in [0.25, 0.3) is 5.91 Å². The first-order chi connectivity index (χ1) is 15.1. The van der Waals surface area contributed by atoms with E-state index in [0.29, 0.717) is 22.8 Å². The average molecular weight is 414 g/mol. The van der Waals surface area contributed by atoms with Crippen molar-refractivity contribution >= 4 is 5.91 Å². The van der Waals surface area contributed by atoms with E-state index >= 15 is 0 Å². The summed E-state index contributed by atoms with van der Waals surface area (Å²) in [5, 5.41) is 3.07. The van der Waals surface area contributed by atoms with Crippen molar-refractivity contribution in [3.8, 4) is 22.8 Å². The van der Waals surface area contributed by atoms with Crippen LogP contribution in [-0.4, -0.2) is 16.9 Å². The molecule has 0 aliphatic heterocycles. The lowest BCUT2D eigenvalue weighted by Gasteiger charge is -2.15. The summed E-state index contributed by atoms with van der Waals surface area (Å²) in [6.07, 6.45) is 3.32. The molecule has 0 aliphatic rings. The quantitative estimate of drug-likeness (QED) is 0.410. The number of oxazole rings is 1. The summed E-state index contributed by atoms with van der Waals surface area (Å²) in [7, 11) is 0. The summed E-state index contributed by atoms with van der Waals surface area (Å²) in [4.78, 5) is 17.3. The van der Waals surface area contributed by atoms with E-state index < -0.39 is 0 Å². The largest absolute Gasteiger partial charge is 0.436 e. The van der Waals surface area contributed by atoms with Gasteiger partial charge in [0.05, 0.1) is 11.8 Å². The molecule has 1 unspecified atom stereocenters. The Balaban J connectivity index is 1.48. The highest BCUT2D eigenvalue weighted by Crippen LogP contribution is 2.28. The number of hydrogen-bond donors (Lipinski definition) is 1. The van der Waals surface area contributed by atoms with Crippen molar-refractivity contribution in [1.82, 2.24) is 10.3 Å². The van der Waals surface area contributed by atoms with Crippen LogP contribution in [0.1, 0.15) is 29.3 Å². The van der Waals surface area contributed by atoms with Crippen molar-refractivity contribution in [2.45, 2.75) is 25.8 Å². The third-order valence-electron chi connectivity index (χ3n) is 5.12. The molecule has 0 aliphatic carbocycles. The van der Waals surface area contributed by atoms with Crippen molar-refractivity contribution in [3.63, 3.8) is 0 Å². The second-order valence-corrected chi connectivity index (χ2v) is 7.48. The zero-order valence-electron chi connectivity index (χ0n) is 17.2. The van der Waals surface area contributed by atoms with E-state index in [-0.39, 0.29) is 17.8 Å². The standard InChI is InChI=1S/C26H23FN2O2/c1-18(11-12-19-7-3-2-4-8-19)29-25(30)22-9-5-6-10-23(22)26-28-17-24(31-26)20-13-15-21(27)16-14-20/h2-10,13-18H,11-12H2,1H3,(H,29,30). The first kappa shape index (κ1) is 20.5. The van der Waals surface area contributed by atoms with E-state index in [9.17, 15) is 9.18 Å². The summed E-state index contributed by atoms with van der Waals surface area (Å²) in [5.74, 6) is 0.382. The van der Waals surface area contributed by atoms with E-state index in [1.54, 1.807) is 24.4 Å². The van der Waals surface area contributed by atoms with Gasteiger partial charge in [0.15, 0.2) is 5.76 Å². The number of rotatable bonds is 7. The second kappa shape index (κ2) is 9.39. The topological polar surface area (TPSA) is 55.1 Å². The van der Waals surface area contributed by atoms with Crippen LogP contribution in [0.2, 0.25) is 0 Å². The van der Waals surface area contributed by atoms with Gasteiger partial charge in [-0.1, -0.05) is 42.5 Å². The Morgan fingerprint density at radius 1 is 1.00 bits per heavy atom. The molecule has 1 N–H and O–H groups in total. The molecule has 1 heterocycles. The van der Waals surface area contributed by atoms with Crippen LogP contribution in [0.5, 0.6) is 0 Å². The van der Waals surface area contributed by atoms with Gasteiger partial charge >= 0.3 is 0 Å². The predicted octanol–water partition coefficient (Wildman–Crippen LogP) is 5.90. The van der Waals surface area contributed by atoms with Crippen LogP contribution in [0, 0.1) is 5.82 Å². The third-order valence-corrected chi connectivity index (χ3v) is 5.12. The normalized spacial score (nSPS) is 11.8. The number of aryl methyl sites for hydroxylation is 1. The lowest BCUT2D eigenvalue weighted by atomic mass is 10.0. The van der Waals surface area contributed by atoms with Gasteiger partial charge in [0.2, 0.25) is 5.89 Å². The highest BCUT2D eigenvalue weighted by atomic mass is 19.1. The predicted molar refractivity (Wildman–Crippen MR) is 119 cm³/mol. The molecular weight excluding hydrogens is 391 g/mol. The van der Waals surface area contributed by atoms with Gasteiger partial charge < -0.3 is 9.73 Å². The molecule has 0 spiro atoms. The van der Waals surface area contributed by atoms with E-state index in [4.69, 9.17) is 4.42 Å². The first-order valence-electron chi connectivity index (χ1n) is 10.3. The van der Waals surface area contributed by atoms with Gasteiger partial charge in [-0.2, -0.15) is 0 Å². The molecule has 0 bridgehead atoms. The van der Waals surface area contributed by atoms with E-state index in [0.717, 1.165) is 18.4 Å². The number of carbonyl (C=O) groups excluding carboxylic acids is 1. The van der Waals surface area contributed by atoms with E-state index in [2.05, 4.69) is 22.4 Å². The molecule has 0 saturated carbocycles. The Morgan fingerprint density at radius 3 is 2.48 bits per heavy atom. The summed E-state index contributed by atoms with van der Waals surface area (Å²) >= 11 is 0. The molecule has 0 saturated heterocycles. The van der Waals surface area contributed by atoms with Crippen LogP contribution in [0.3, 0.4) is 0 Å². The fraction of sp³-hybridized carbons (Fsp3) is 0.154. The molecule has 1 atom stereocenters.